The van der Waals surface area contributed by atoms with Gasteiger partial charge >= 0.3 is 5.91 Å². The predicted molar refractivity (Wildman–Crippen MR) is 160 cm³/mol. The Morgan fingerprint density at radius 2 is 1.83 bits per heavy atom. The van der Waals surface area contributed by atoms with E-state index in [-0.39, 0.29) is 17.4 Å². The number of methoxy groups -OCH3 is 1. The molecule has 0 unspecified atom stereocenters. The highest BCUT2D eigenvalue weighted by atomic mass is 32.1. The number of aromatic nitrogens is 1. The maximum absolute atomic E-state index is 13.7. The zero-order valence-electron chi connectivity index (χ0n) is 23.7. The molecule has 1 fully saturated rings. The Bertz CT molecular complexity index is 1740. The number of thiazole rings is 1. The van der Waals surface area contributed by atoms with Crippen LogP contribution in [0.15, 0.2) is 60.2 Å². The van der Waals surface area contributed by atoms with Crippen LogP contribution in [0.1, 0.15) is 43.5 Å². The van der Waals surface area contributed by atoms with Crippen LogP contribution in [0.3, 0.4) is 0 Å². The molecule has 0 bridgehead atoms. The number of Topliss-reactive ketones (excluding diaryl/α,β-unsaturated/α-hetero) is 1. The largest absolute Gasteiger partial charge is 0.507 e. The Labute approximate surface area is 246 Å². The number of ketones is 1. The van der Waals surface area contributed by atoms with Crippen LogP contribution in [-0.2, 0) is 16.0 Å². The van der Waals surface area contributed by atoms with Crippen LogP contribution < -0.4 is 23.8 Å². The average molecular weight is 587 g/mol. The van der Waals surface area contributed by atoms with E-state index < -0.39 is 17.7 Å². The average Bonchev–Trinajstić information content (AvgIpc) is 3.65. The molecule has 2 aliphatic rings. The highest BCUT2D eigenvalue weighted by Gasteiger charge is 2.48. The number of fused-ring (bicyclic) bond motifs is 2. The van der Waals surface area contributed by atoms with Gasteiger partial charge in [0.15, 0.2) is 16.6 Å². The molecule has 0 radical (unpaired) electrons. The van der Waals surface area contributed by atoms with E-state index in [9.17, 15) is 14.7 Å². The van der Waals surface area contributed by atoms with Gasteiger partial charge in [0.1, 0.15) is 23.4 Å². The summed E-state index contributed by atoms with van der Waals surface area (Å²) in [5.74, 6) is 0.564. The van der Waals surface area contributed by atoms with Crippen LogP contribution in [0, 0.1) is 0 Å². The molecule has 1 aromatic heterocycles. The van der Waals surface area contributed by atoms with E-state index in [1.54, 1.807) is 49.6 Å². The SMILES string of the molecule is CCOc1ccc([C@H]2C(=C(O)c3ccc4c(c3)C[C@H](C)O4)C(=O)C(=O)N2c2nc3ccc(OC)cc3s2)cc1OCC. The summed E-state index contributed by atoms with van der Waals surface area (Å²) < 4.78 is 23.6. The number of carbonyl (C=O) groups is 2. The first-order chi connectivity index (χ1) is 20.3. The smallest absolute Gasteiger partial charge is 0.301 e. The highest BCUT2D eigenvalue weighted by molar-refractivity contribution is 7.22. The molecule has 0 saturated carbocycles. The number of carbonyl (C=O) groups excluding carboxylic acids is 2. The van der Waals surface area contributed by atoms with Crippen molar-refractivity contribution in [1.29, 1.82) is 0 Å². The van der Waals surface area contributed by atoms with Crippen LogP contribution in [-0.4, -0.2) is 48.2 Å². The van der Waals surface area contributed by atoms with Crippen molar-refractivity contribution >= 4 is 44.1 Å². The number of amides is 1. The fourth-order valence-corrected chi connectivity index (χ4v) is 6.45. The summed E-state index contributed by atoms with van der Waals surface area (Å²) in [6.07, 6.45) is 0.696. The number of nitrogens with zero attached hydrogens (tertiary/aromatic N) is 2. The van der Waals surface area contributed by atoms with Crippen molar-refractivity contribution < 1.29 is 33.6 Å². The lowest BCUT2D eigenvalue weighted by atomic mass is 9.94. The molecule has 2 atom stereocenters. The van der Waals surface area contributed by atoms with Gasteiger partial charge in [-0.15, -0.1) is 0 Å². The summed E-state index contributed by atoms with van der Waals surface area (Å²) in [7, 11) is 1.58. The molecular formula is C32H30N2O7S. The second-order valence-corrected chi connectivity index (χ2v) is 11.0. The molecule has 10 heteroatoms. The number of hydrogen-bond donors (Lipinski definition) is 1. The van der Waals surface area contributed by atoms with E-state index in [4.69, 9.17) is 23.9 Å². The van der Waals surface area contributed by atoms with Gasteiger partial charge in [-0.2, -0.15) is 0 Å². The zero-order valence-corrected chi connectivity index (χ0v) is 24.5. The number of aliphatic hydroxyl groups is 1. The van der Waals surface area contributed by atoms with Gasteiger partial charge in [-0.25, -0.2) is 4.98 Å². The fourth-order valence-electron chi connectivity index (χ4n) is 5.43. The van der Waals surface area contributed by atoms with Crippen molar-refractivity contribution in [2.45, 2.75) is 39.3 Å². The summed E-state index contributed by atoms with van der Waals surface area (Å²) in [5.41, 5.74) is 2.55. The third kappa shape index (κ3) is 4.71. The van der Waals surface area contributed by atoms with Crippen LogP contribution in [0.4, 0.5) is 5.13 Å². The number of hydrogen-bond acceptors (Lipinski definition) is 9. The van der Waals surface area contributed by atoms with E-state index in [2.05, 4.69) is 0 Å². The van der Waals surface area contributed by atoms with Crippen molar-refractivity contribution in [3.05, 3.63) is 76.9 Å². The Morgan fingerprint density at radius 3 is 2.60 bits per heavy atom. The molecule has 42 heavy (non-hydrogen) atoms. The molecule has 1 N–H and O–H groups in total. The first-order valence-corrected chi connectivity index (χ1v) is 14.6. The summed E-state index contributed by atoms with van der Waals surface area (Å²) in [5, 5.41) is 12.0. The van der Waals surface area contributed by atoms with Crippen molar-refractivity contribution in [2.24, 2.45) is 0 Å². The Morgan fingerprint density at radius 1 is 1.05 bits per heavy atom. The lowest BCUT2D eigenvalue weighted by molar-refractivity contribution is -0.132. The van der Waals surface area contributed by atoms with Crippen LogP contribution in [0.2, 0.25) is 0 Å². The molecule has 9 nitrogen and oxygen atoms in total. The number of aliphatic hydroxyl groups excluding tert-OH is 1. The van der Waals surface area contributed by atoms with Crippen molar-refractivity contribution in [1.82, 2.24) is 4.98 Å². The van der Waals surface area contributed by atoms with E-state index in [0.717, 1.165) is 16.0 Å². The van der Waals surface area contributed by atoms with Crippen LogP contribution in [0.25, 0.3) is 16.0 Å². The van der Waals surface area contributed by atoms with Gasteiger partial charge in [-0.3, -0.25) is 14.5 Å². The zero-order chi connectivity index (χ0) is 29.5. The Hall–Kier alpha value is -4.57. The lowest BCUT2D eigenvalue weighted by Crippen LogP contribution is -2.29. The molecule has 1 saturated heterocycles. The number of ether oxygens (including phenoxy) is 4. The lowest BCUT2D eigenvalue weighted by Gasteiger charge is -2.24. The monoisotopic (exact) mass is 586 g/mol. The molecule has 1 amide bonds. The Balaban J connectivity index is 1.54. The normalized spacial score (nSPS) is 19.2. The minimum absolute atomic E-state index is 0.0153. The van der Waals surface area contributed by atoms with Gasteiger partial charge in [0.25, 0.3) is 5.78 Å². The van der Waals surface area contributed by atoms with Crippen molar-refractivity contribution in [2.75, 3.05) is 25.2 Å². The molecule has 6 rings (SSSR count). The van der Waals surface area contributed by atoms with Gasteiger partial charge in [0.2, 0.25) is 0 Å². The molecule has 0 aliphatic carbocycles. The van der Waals surface area contributed by atoms with E-state index in [0.29, 0.717) is 58.7 Å². The molecule has 0 spiro atoms. The summed E-state index contributed by atoms with van der Waals surface area (Å²) in [6, 6.07) is 15.0. The minimum atomic E-state index is -0.967. The van der Waals surface area contributed by atoms with Gasteiger partial charge in [-0.05, 0) is 80.4 Å². The summed E-state index contributed by atoms with van der Waals surface area (Å²) in [6.45, 7) is 6.54. The van der Waals surface area contributed by atoms with E-state index in [1.807, 2.05) is 32.9 Å². The fraction of sp³-hybridized carbons (Fsp3) is 0.281. The molecule has 3 heterocycles. The third-order valence-electron chi connectivity index (χ3n) is 7.29. The van der Waals surface area contributed by atoms with Crippen LogP contribution in [0.5, 0.6) is 23.0 Å². The molecule has 2 aliphatic heterocycles. The first kappa shape index (κ1) is 27.6. The van der Waals surface area contributed by atoms with Gasteiger partial charge < -0.3 is 24.1 Å². The summed E-state index contributed by atoms with van der Waals surface area (Å²) >= 11 is 1.27. The Kier molecular flexibility index (Phi) is 7.24. The van der Waals surface area contributed by atoms with Gasteiger partial charge in [0.05, 0.1) is 42.2 Å². The first-order valence-electron chi connectivity index (χ1n) is 13.8. The van der Waals surface area contributed by atoms with Crippen LogP contribution >= 0.6 is 11.3 Å². The standard InChI is InChI=1S/C32H30N2O7S/c1-5-39-24-12-7-18(15-25(24)40-6-2)28-27(29(35)19-8-11-23-20(14-19)13-17(3)41-23)30(36)31(37)34(28)32-33-22-10-9-21(38-4)16-26(22)42-32/h7-12,14-17,28,35H,5-6,13H2,1-4H3/t17-,28-/m0/s1. The maximum Gasteiger partial charge on any atom is 0.301 e. The topological polar surface area (TPSA) is 107 Å². The quantitative estimate of drug-likeness (QED) is 0.151. The summed E-state index contributed by atoms with van der Waals surface area (Å²) in [4.78, 5) is 33.5. The second kappa shape index (κ2) is 11.0. The van der Waals surface area contributed by atoms with Crippen molar-refractivity contribution in [3.8, 4) is 23.0 Å². The molecular weight excluding hydrogens is 556 g/mol. The predicted octanol–water partition coefficient (Wildman–Crippen LogP) is 6.05. The van der Waals surface area contributed by atoms with Gasteiger partial charge in [-0.1, -0.05) is 17.4 Å². The number of anilines is 1. The second-order valence-electron chi connectivity index (χ2n) is 10.0. The minimum Gasteiger partial charge on any atom is -0.507 e. The van der Waals surface area contributed by atoms with Gasteiger partial charge in [0, 0.05) is 12.0 Å². The third-order valence-corrected chi connectivity index (χ3v) is 8.30. The molecule has 4 aromatic rings. The number of benzene rings is 3. The number of rotatable bonds is 8. The van der Waals surface area contributed by atoms with E-state index >= 15 is 0 Å². The highest BCUT2D eigenvalue weighted by Crippen LogP contribution is 2.46. The molecule has 3 aromatic carbocycles. The van der Waals surface area contributed by atoms with E-state index in [1.165, 1.54) is 16.2 Å². The maximum atomic E-state index is 13.7. The van der Waals surface area contributed by atoms with Crippen molar-refractivity contribution in [3.63, 3.8) is 0 Å². The molecule has 216 valence electrons.